The predicted octanol–water partition coefficient (Wildman–Crippen LogP) is 3.95. The zero-order valence-corrected chi connectivity index (χ0v) is 21.1. The molecule has 3 rings (SSSR count). The van der Waals surface area contributed by atoms with Crippen LogP contribution in [-0.2, 0) is 14.6 Å². The number of rotatable bonds is 10. The third-order valence-electron chi connectivity index (χ3n) is 4.71. The molecule has 35 heavy (non-hydrogen) atoms. The number of anilines is 1. The summed E-state index contributed by atoms with van der Waals surface area (Å²) in [6.07, 6.45) is 3.12. The van der Waals surface area contributed by atoms with E-state index in [1.807, 2.05) is 38.1 Å². The van der Waals surface area contributed by atoms with Crippen LogP contribution in [0.3, 0.4) is 0 Å². The minimum absolute atomic E-state index is 0.0121. The van der Waals surface area contributed by atoms with Crippen molar-refractivity contribution in [2.45, 2.75) is 24.6 Å². The van der Waals surface area contributed by atoms with E-state index in [9.17, 15) is 18.5 Å². The van der Waals surface area contributed by atoms with Gasteiger partial charge in [0.1, 0.15) is 23.1 Å². The Kier molecular flexibility index (Phi) is 8.57. The van der Waals surface area contributed by atoms with Gasteiger partial charge in [0.05, 0.1) is 13.2 Å². The van der Waals surface area contributed by atoms with E-state index < -0.39 is 15.7 Å². The number of aromatic nitrogens is 2. The molecule has 0 atom stereocenters. The fourth-order valence-corrected chi connectivity index (χ4v) is 4.50. The van der Waals surface area contributed by atoms with Crippen molar-refractivity contribution < 1.29 is 22.7 Å². The van der Waals surface area contributed by atoms with Crippen molar-refractivity contribution in [2.75, 3.05) is 24.8 Å². The molecule has 182 valence electrons. The monoisotopic (exact) mass is 512 g/mol. The summed E-state index contributed by atoms with van der Waals surface area (Å²) in [6.45, 7) is 5.04. The Morgan fingerprint density at radius 1 is 1.09 bits per heavy atom. The number of nitrogens with one attached hydrogen (secondary N) is 1. The number of para-hydroxylation sites is 1. The zero-order chi connectivity index (χ0) is 25.4. The van der Waals surface area contributed by atoms with Gasteiger partial charge in [-0.2, -0.15) is 5.26 Å². The number of hydrogen-bond acceptors (Lipinski definition) is 9. The van der Waals surface area contributed by atoms with Crippen LogP contribution >= 0.6 is 11.3 Å². The van der Waals surface area contributed by atoms with Gasteiger partial charge in [0.25, 0.3) is 5.91 Å². The summed E-state index contributed by atoms with van der Waals surface area (Å²) >= 11 is 0.711. The summed E-state index contributed by atoms with van der Waals surface area (Å²) in [5.41, 5.74) is 2.65. The van der Waals surface area contributed by atoms with Gasteiger partial charge < -0.3 is 9.47 Å². The number of carbonyl (C=O) groups is 1. The first-order valence-corrected chi connectivity index (χ1v) is 13.3. The first-order chi connectivity index (χ1) is 16.7. The predicted molar refractivity (Wildman–Crippen MR) is 133 cm³/mol. The molecule has 0 aliphatic rings. The molecule has 0 bridgehead atoms. The van der Waals surface area contributed by atoms with E-state index in [2.05, 4.69) is 15.5 Å². The molecule has 1 aromatic heterocycles. The minimum Gasteiger partial charge on any atom is -0.493 e. The summed E-state index contributed by atoms with van der Waals surface area (Å²) in [5.74, 6) is 0.843. The molecule has 1 heterocycles. The fourth-order valence-electron chi connectivity index (χ4n) is 3.00. The molecule has 1 N–H and O–H groups in total. The maximum atomic E-state index is 12.4. The molecular formula is C24H24N4O5S2. The number of carbonyl (C=O) groups excluding carboxylic acids is 1. The lowest BCUT2D eigenvalue weighted by atomic mass is 10.1. The Morgan fingerprint density at radius 2 is 1.74 bits per heavy atom. The normalized spacial score (nSPS) is 11.5. The van der Waals surface area contributed by atoms with Crippen LogP contribution in [0.25, 0.3) is 6.08 Å². The van der Waals surface area contributed by atoms with Crippen molar-refractivity contribution in [3.63, 3.8) is 0 Å². The van der Waals surface area contributed by atoms with Crippen LogP contribution in [0.1, 0.15) is 23.1 Å². The van der Waals surface area contributed by atoms with Crippen LogP contribution in [0, 0.1) is 25.2 Å². The Balaban J connectivity index is 1.51. The topological polar surface area (TPSA) is 131 Å². The zero-order valence-electron chi connectivity index (χ0n) is 19.4. The van der Waals surface area contributed by atoms with Crippen molar-refractivity contribution in [3.05, 3.63) is 64.7 Å². The highest BCUT2D eigenvalue weighted by molar-refractivity contribution is 7.92. The second kappa shape index (κ2) is 11.6. The maximum absolute atomic E-state index is 12.4. The Morgan fingerprint density at radius 3 is 2.34 bits per heavy atom. The summed E-state index contributed by atoms with van der Waals surface area (Å²) in [6, 6.07) is 14.8. The molecule has 0 unspecified atom stereocenters. The van der Waals surface area contributed by atoms with Gasteiger partial charge in [0.15, 0.2) is 0 Å². The maximum Gasteiger partial charge on any atom is 0.268 e. The van der Waals surface area contributed by atoms with Gasteiger partial charge in [0.2, 0.25) is 19.3 Å². The highest BCUT2D eigenvalue weighted by Crippen LogP contribution is 2.23. The van der Waals surface area contributed by atoms with Gasteiger partial charge in [-0.1, -0.05) is 41.7 Å². The number of nitriles is 1. The number of ether oxygens (including phenoxy) is 2. The standard InChI is InChI=1S/C24H24N4O5S2/c1-16-6-4-7-17(2)21(16)33-13-5-12-32-20-10-8-18(9-11-20)14-19(15-25)22(29)26-23-27-28-24(34-23)35(3,30)31/h4,6-11,14H,5,12-13H2,1-3H3,(H,26,27,29). The van der Waals surface area contributed by atoms with Gasteiger partial charge >= 0.3 is 0 Å². The van der Waals surface area contributed by atoms with Crippen molar-refractivity contribution in [1.29, 1.82) is 5.26 Å². The molecule has 0 spiro atoms. The van der Waals surface area contributed by atoms with E-state index in [1.54, 1.807) is 24.3 Å². The molecule has 0 fully saturated rings. The molecule has 0 aliphatic heterocycles. The van der Waals surface area contributed by atoms with Gasteiger partial charge in [-0.05, 0) is 48.7 Å². The third-order valence-corrected chi connectivity index (χ3v) is 7.22. The molecule has 9 nitrogen and oxygen atoms in total. The van der Waals surface area contributed by atoms with Crippen molar-refractivity contribution in [2.24, 2.45) is 0 Å². The lowest BCUT2D eigenvalue weighted by Gasteiger charge is -2.12. The van der Waals surface area contributed by atoms with Gasteiger partial charge in [-0.15, -0.1) is 10.2 Å². The van der Waals surface area contributed by atoms with E-state index in [0.717, 1.165) is 23.1 Å². The number of amides is 1. The number of hydrogen-bond donors (Lipinski definition) is 1. The van der Waals surface area contributed by atoms with Crippen molar-refractivity contribution in [3.8, 4) is 17.6 Å². The van der Waals surface area contributed by atoms with E-state index in [0.29, 0.717) is 42.3 Å². The number of nitrogens with zero attached hydrogens (tertiary/aromatic N) is 3. The van der Waals surface area contributed by atoms with E-state index >= 15 is 0 Å². The molecule has 11 heteroatoms. The van der Waals surface area contributed by atoms with Gasteiger partial charge in [-0.25, -0.2) is 8.42 Å². The van der Waals surface area contributed by atoms with Crippen LogP contribution in [0.5, 0.6) is 11.5 Å². The first kappa shape index (κ1) is 25.9. The average molecular weight is 513 g/mol. The number of benzene rings is 2. The highest BCUT2D eigenvalue weighted by atomic mass is 32.2. The number of sulfone groups is 1. The smallest absolute Gasteiger partial charge is 0.268 e. The summed E-state index contributed by atoms with van der Waals surface area (Å²) in [4.78, 5) is 12.4. The lowest BCUT2D eigenvalue weighted by Crippen LogP contribution is -2.13. The van der Waals surface area contributed by atoms with Crippen LogP contribution < -0.4 is 14.8 Å². The van der Waals surface area contributed by atoms with Crippen LogP contribution in [0.2, 0.25) is 0 Å². The SMILES string of the molecule is Cc1cccc(C)c1OCCCOc1ccc(C=C(C#N)C(=O)Nc2nnc(S(C)(=O)=O)s2)cc1. The van der Waals surface area contributed by atoms with Gasteiger partial charge in [-0.3, -0.25) is 10.1 Å². The molecule has 1 amide bonds. The fraction of sp³-hybridized carbons (Fsp3) is 0.250. The molecular weight excluding hydrogens is 488 g/mol. The largest absolute Gasteiger partial charge is 0.493 e. The van der Waals surface area contributed by atoms with Crippen LogP contribution in [0.15, 0.2) is 52.4 Å². The summed E-state index contributed by atoms with van der Waals surface area (Å²) in [7, 11) is -3.53. The molecule has 3 aromatic rings. The third kappa shape index (κ3) is 7.37. The molecule has 0 saturated carbocycles. The van der Waals surface area contributed by atoms with Crippen LogP contribution in [0.4, 0.5) is 5.13 Å². The lowest BCUT2D eigenvalue weighted by molar-refractivity contribution is -0.112. The van der Waals surface area contributed by atoms with Gasteiger partial charge in [0, 0.05) is 12.7 Å². The molecule has 0 aliphatic carbocycles. The highest BCUT2D eigenvalue weighted by Gasteiger charge is 2.17. The summed E-state index contributed by atoms with van der Waals surface area (Å²) in [5, 5.41) is 18.9. The van der Waals surface area contributed by atoms with E-state index in [1.165, 1.54) is 6.08 Å². The Bertz CT molecular complexity index is 1350. The van der Waals surface area contributed by atoms with Crippen molar-refractivity contribution in [1.82, 2.24) is 10.2 Å². The Hall–Kier alpha value is -3.75. The molecule has 0 radical (unpaired) electrons. The first-order valence-electron chi connectivity index (χ1n) is 10.6. The second-order valence-electron chi connectivity index (χ2n) is 7.61. The average Bonchev–Trinajstić information content (AvgIpc) is 3.29. The quantitative estimate of drug-likeness (QED) is 0.187. The van der Waals surface area contributed by atoms with Crippen LogP contribution in [-0.4, -0.2) is 44.0 Å². The molecule has 0 saturated heterocycles. The second-order valence-corrected chi connectivity index (χ2v) is 10.8. The van der Waals surface area contributed by atoms with E-state index in [-0.39, 0.29) is 15.0 Å². The summed E-state index contributed by atoms with van der Waals surface area (Å²) < 4.78 is 34.4. The molecule has 2 aromatic carbocycles. The van der Waals surface area contributed by atoms with E-state index in [4.69, 9.17) is 9.47 Å². The minimum atomic E-state index is -3.53. The Labute approximate surface area is 208 Å². The number of aryl methyl sites for hydroxylation is 2. The van der Waals surface area contributed by atoms with Crippen molar-refractivity contribution >= 4 is 38.3 Å².